The fourth-order valence-corrected chi connectivity index (χ4v) is 0.0942. The van der Waals surface area contributed by atoms with Crippen molar-refractivity contribution in [2.24, 2.45) is 0 Å². The van der Waals surface area contributed by atoms with Crippen molar-refractivity contribution in [2.45, 2.75) is 0 Å². The molecule has 0 bridgehead atoms. The molecule has 0 aromatic carbocycles. The van der Waals surface area contributed by atoms with Gasteiger partial charge in [-0.15, -0.1) is 0 Å². The van der Waals surface area contributed by atoms with Crippen molar-refractivity contribution in [3.8, 4) is 0 Å². The van der Waals surface area contributed by atoms with Crippen molar-refractivity contribution in [1.82, 2.24) is 5.48 Å². The van der Waals surface area contributed by atoms with E-state index in [2.05, 4.69) is 0 Å². The lowest BCUT2D eigenvalue weighted by atomic mass is 10.9. The van der Waals surface area contributed by atoms with Crippen LogP contribution in [0.2, 0.25) is 0 Å². The van der Waals surface area contributed by atoms with Crippen LogP contribution < -0.4 is 5.48 Å². The molecule has 0 aliphatic rings. The Morgan fingerprint density at radius 1 is 1.86 bits per heavy atom. The first kappa shape index (κ1) is 5.90. The highest BCUT2D eigenvalue weighted by Gasteiger charge is 1.77. The molecule has 0 heterocycles. The third kappa shape index (κ3) is 4.90. The van der Waals surface area contributed by atoms with Gasteiger partial charge in [0.1, 0.15) is 0 Å². The molecule has 0 aliphatic heterocycles. The summed E-state index contributed by atoms with van der Waals surface area (Å²) >= 11 is 0. The first-order valence-corrected chi connectivity index (χ1v) is 1.47. The minimum atomic E-state index is -0.691. The standard InChI is InChI=1S/C2H4N2O3/c5-3-1-2-4(6)7/h1-3,5H. The second kappa shape index (κ2) is 3.10. The van der Waals surface area contributed by atoms with E-state index in [0.29, 0.717) is 6.20 Å². The third-order valence-corrected chi connectivity index (χ3v) is 0.271. The van der Waals surface area contributed by atoms with E-state index in [9.17, 15) is 10.1 Å². The molecule has 40 valence electrons. The Labute approximate surface area is 39.4 Å². The maximum Gasteiger partial charge on any atom is 0.252 e. The first-order valence-electron chi connectivity index (χ1n) is 1.47. The fourth-order valence-electron chi connectivity index (χ4n) is 0.0942. The van der Waals surface area contributed by atoms with E-state index in [1.54, 1.807) is 0 Å². The monoisotopic (exact) mass is 104 g/mol. The molecule has 5 nitrogen and oxygen atoms in total. The zero-order valence-electron chi connectivity index (χ0n) is 3.37. The van der Waals surface area contributed by atoms with Crippen LogP contribution in [0.5, 0.6) is 0 Å². The molecular weight excluding hydrogens is 100 g/mol. The van der Waals surface area contributed by atoms with Gasteiger partial charge in [-0.05, 0) is 0 Å². The van der Waals surface area contributed by atoms with Crippen LogP contribution in [0.1, 0.15) is 0 Å². The van der Waals surface area contributed by atoms with Gasteiger partial charge in [0.05, 0.1) is 11.1 Å². The Morgan fingerprint density at radius 3 is 2.57 bits per heavy atom. The quantitative estimate of drug-likeness (QED) is 0.373. The van der Waals surface area contributed by atoms with Crippen LogP contribution in [0.4, 0.5) is 0 Å². The summed E-state index contributed by atoms with van der Waals surface area (Å²) in [5.74, 6) is 0. The average molecular weight is 104 g/mol. The minimum Gasteiger partial charge on any atom is -0.291 e. The van der Waals surface area contributed by atoms with Gasteiger partial charge in [0.2, 0.25) is 0 Å². The second-order valence-corrected chi connectivity index (χ2v) is 0.730. The highest BCUT2D eigenvalue weighted by molar-refractivity contribution is 4.61. The largest absolute Gasteiger partial charge is 0.291 e. The van der Waals surface area contributed by atoms with Crippen LogP contribution in [-0.4, -0.2) is 10.1 Å². The summed E-state index contributed by atoms with van der Waals surface area (Å²) in [7, 11) is 0. The molecule has 0 amide bonds. The van der Waals surface area contributed by atoms with Gasteiger partial charge in [-0.1, -0.05) is 0 Å². The lowest BCUT2D eigenvalue weighted by Crippen LogP contribution is -1.95. The van der Waals surface area contributed by atoms with E-state index < -0.39 is 4.92 Å². The van der Waals surface area contributed by atoms with Crippen LogP contribution in [0.3, 0.4) is 0 Å². The Bertz CT molecular complexity index is 88.9. The molecule has 0 aromatic rings. The summed E-state index contributed by atoms with van der Waals surface area (Å²) in [4.78, 5) is 8.63. The van der Waals surface area contributed by atoms with Gasteiger partial charge in [0, 0.05) is 0 Å². The van der Waals surface area contributed by atoms with Gasteiger partial charge >= 0.3 is 0 Å². The fraction of sp³-hybridized carbons (Fsp3) is 0. The third-order valence-electron chi connectivity index (χ3n) is 0.271. The maximum absolute atomic E-state index is 9.33. The number of nitrogens with one attached hydrogen (secondary N) is 1. The minimum absolute atomic E-state index is 0.583. The molecular formula is C2H4N2O3. The highest BCUT2D eigenvalue weighted by atomic mass is 16.6. The Morgan fingerprint density at radius 2 is 2.43 bits per heavy atom. The summed E-state index contributed by atoms with van der Waals surface area (Å²) in [5, 5.41) is 17.0. The van der Waals surface area contributed by atoms with Gasteiger partial charge in [-0.2, -0.15) is 0 Å². The predicted octanol–water partition coefficient (Wildman–Crippen LogP) is -0.287. The van der Waals surface area contributed by atoms with Crippen LogP contribution in [0.25, 0.3) is 0 Å². The van der Waals surface area contributed by atoms with Gasteiger partial charge in [-0.3, -0.25) is 20.8 Å². The molecule has 0 saturated carbocycles. The van der Waals surface area contributed by atoms with E-state index in [1.807, 2.05) is 0 Å². The van der Waals surface area contributed by atoms with Crippen LogP contribution in [0, 0.1) is 10.1 Å². The molecule has 0 radical (unpaired) electrons. The zero-order valence-corrected chi connectivity index (χ0v) is 3.37. The Kier molecular flexibility index (Phi) is 2.62. The van der Waals surface area contributed by atoms with Gasteiger partial charge in [-0.25, -0.2) is 0 Å². The SMILES string of the molecule is O=[N+]([O-])C=CNO. The van der Waals surface area contributed by atoms with Crippen molar-refractivity contribution < 1.29 is 10.1 Å². The molecule has 7 heavy (non-hydrogen) atoms. The zero-order chi connectivity index (χ0) is 5.70. The summed E-state index contributed by atoms with van der Waals surface area (Å²) < 4.78 is 0. The van der Waals surface area contributed by atoms with Crippen molar-refractivity contribution in [2.75, 3.05) is 0 Å². The van der Waals surface area contributed by atoms with Crippen molar-refractivity contribution >= 4 is 0 Å². The van der Waals surface area contributed by atoms with Gasteiger partial charge < -0.3 is 0 Å². The second-order valence-electron chi connectivity index (χ2n) is 0.730. The van der Waals surface area contributed by atoms with Gasteiger partial charge in [0.15, 0.2) is 0 Å². The number of rotatable bonds is 2. The normalized spacial score (nSPS) is 9.29. The summed E-state index contributed by atoms with van der Waals surface area (Å²) in [6.07, 6.45) is 1.39. The van der Waals surface area contributed by atoms with E-state index in [4.69, 9.17) is 5.21 Å². The molecule has 0 spiro atoms. The molecule has 0 unspecified atom stereocenters. The first-order chi connectivity index (χ1) is 3.27. The number of hydroxylamine groups is 1. The molecule has 0 rings (SSSR count). The number of nitrogens with zero attached hydrogens (tertiary/aromatic N) is 1. The van der Waals surface area contributed by atoms with E-state index in [-0.39, 0.29) is 0 Å². The number of hydrogen-bond acceptors (Lipinski definition) is 4. The van der Waals surface area contributed by atoms with Crippen LogP contribution >= 0.6 is 0 Å². The molecule has 0 aliphatic carbocycles. The van der Waals surface area contributed by atoms with Crippen molar-refractivity contribution in [3.63, 3.8) is 0 Å². The molecule has 0 aromatic heterocycles. The highest BCUT2D eigenvalue weighted by Crippen LogP contribution is 1.64. The number of nitro groups is 1. The molecule has 0 saturated heterocycles. The Balaban J connectivity index is 3.26. The van der Waals surface area contributed by atoms with Crippen molar-refractivity contribution in [1.29, 1.82) is 0 Å². The van der Waals surface area contributed by atoms with Crippen molar-refractivity contribution in [3.05, 3.63) is 22.5 Å². The maximum atomic E-state index is 9.33. The average Bonchev–Trinajstić information content (AvgIpc) is 1.61. The lowest BCUT2D eigenvalue weighted by molar-refractivity contribution is -0.403. The molecule has 0 fully saturated rings. The molecule has 5 heteroatoms. The van der Waals surface area contributed by atoms with Crippen LogP contribution in [-0.2, 0) is 0 Å². The smallest absolute Gasteiger partial charge is 0.252 e. The topological polar surface area (TPSA) is 75.4 Å². The summed E-state index contributed by atoms with van der Waals surface area (Å²) in [6, 6.07) is 0. The summed E-state index contributed by atoms with van der Waals surface area (Å²) in [6.45, 7) is 0. The van der Waals surface area contributed by atoms with Crippen LogP contribution in [0.15, 0.2) is 12.4 Å². The van der Waals surface area contributed by atoms with E-state index in [0.717, 1.165) is 6.20 Å². The predicted molar refractivity (Wildman–Crippen MR) is 21.1 cm³/mol. The molecule has 2 N–H and O–H groups in total. The Hall–Kier alpha value is -1.10. The van der Waals surface area contributed by atoms with E-state index >= 15 is 0 Å². The summed E-state index contributed by atoms with van der Waals surface area (Å²) in [5.41, 5.74) is 1.48. The molecule has 0 atom stereocenters. The number of hydrogen-bond donors (Lipinski definition) is 2. The lowest BCUT2D eigenvalue weighted by Gasteiger charge is -1.76. The van der Waals surface area contributed by atoms with Gasteiger partial charge in [0.25, 0.3) is 6.20 Å². The van der Waals surface area contributed by atoms with E-state index in [1.165, 1.54) is 5.48 Å².